The quantitative estimate of drug-likeness (QED) is 0.389. The molecular weight excluding hydrogens is 254 g/mol. The Labute approximate surface area is 117 Å². The zero-order valence-electron chi connectivity index (χ0n) is 11.7. The summed E-state index contributed by atoms with van der Waals surface area (Å²) in [7, 11) is 0. The van der Waals surface area contributed by atoms with Gasteiger partial charge in [0.2, 0.25) is 5.88 Å². The van der Waals surface area contributed by atoms with Gasteiger partial charge in [-0.1, -0.05) is 17.3 Å². The van der Waals surface area contributed by atoms with E-state index >= 15 is 0 Å². The minimum absolute atomic E-state index is 0.0314. The highest BCUT2D eigenvalue weighted by Gasteiger charge is 2.13. The normalized spacial score (nSPS) is 11.4. The van der Waals surface area contributed by atoms with Crippen LogP contribution >= 0.6 is 0 Å². The molecule has 0 aliphatic carbocycles. The average molecular weight is 271 g/mol. The van der Waals surface area contributed by atoms with Crippen LogP contribution in [0.5, 0.6) is 11.6 Å². The monoisotopic (exact) mass is 271 g/mol. The second kappa shape index (κ2) is 5.61. The third-order valence-corrected chi connectivity index (χ3v) is 3.23. The van der Waals surface area contributed by atoms with Gasteiger partial charge in [-0.2, -0.15) is 0 Å². The summed E-state index contributed by atoms with van der Waals surface area (Å²) >= 11 is 0. The van der Waals surface area contributed by atoms with Crippen molar-refractivity contribution >= 4 is 5.84 Å². The van der Waals surface area contributed by atoms with Crippen LogP contribution in [0.4, 0.5) is 0 Å². The van der Waals surface area contributed by atoms with E-state index in [9.17, 15) is 0 Å². The maximum atomic E-state index is 8.81. The molecule has 1 heterocycles. The van der Waals surface area contributed by atoms with Gasteiger partial charge in [0.25, 0.3) is 0 Å². The molecule has 0 unspecified atom stereocenters. The maximum Gasteiger partial charge on any atom is 0.230 e. The first-order chi connectivity index (χ1) is 9.54. The van der Waals surface area contributed by atoms with Gasteiger partial charge in [-0.25, -0.2) is 4.98 Å². The van der Waals surface area contributed by atoms with Crippen LogP contribution in [0.25, 0.3) is 0 Å². The van der Waals surface area contributed by atoms with E-state index in [1.807, 2.05) is 32.9 Å². The summed E-state index contributed by atoms with van der Waals surface area (Å²) in [6, 6.07) is 7.43. The molecule has 0 spiro atoms. The molecule has 0 aliphatic heterocycles. The molecule has 0 fully saturated rings. The molecule has 0 radical (unpaired) electrons. The van der Waals surface area contributed by atoms with Crippen LogP contribution in [-0.2, 0) is 0 Å². The number of hydrogen-bond acceptors (Lipinski definition) is 4. The third-order valence-electron chi connectivity index (χ3n) is 3.23. The van der Waals surface area contributed by atoms with Gasteiger partial charge in [0.15, 0.2) is 5.84 Å². The Morgan fingerprint density at radius 2 is 1.90 bits per heavy atom. The molecule has 20 heavy (non-hydrogen) atoms. The number of ether oxygens (including phenoxy) is 1. The molecule has 0 amide bonds. The summed E-state index contributed by atoms with van der Waals surface area (Å²) in [6.45, 7) is 5.97. The van der Waals surface area contributed by atoms with E-state index in [1.54, 1.807) is 18.3 Å². The molecule has 5 heteroatoms. The van der Waals surface area contributed by atoms with Crippen LogP contribution in [-0.4, -0.2) is 16.0 Å². The number of oxime groups is 1. The van der Waals surface area contributed by atoms with Crippen molar-refractivity contribution in [2.24, 2.45) is 10.9 Å². The summed E-state index contributed by atoms with van der Waals surface area (Å²) in [5.41, 5.74) is 9.27. The van der Waals surface area contributed by atoms with Crippen LogP contribution < -0.4 is 10.5 Å². The fraction of sp³-hybridized carbons (Fsp3) is 0.200. The molecule has 2 rings (SSSR count). The van der Waals surface area contributed by atoms with Crippen LogP contribution in [0.15, 0.2) is 35.6 Å². The summed E-state index contributed by atoms with van der Waals surface area (Å²) in [4.78, 5) is 4.16. The highest BCUT2D eigenvalue weighted by Crippen LogP contribution is 2.31. The lowest BCUT2D eigenvalue weighted by molar-refractivity contribution is 0.318. The van der Waals surface area contributed by atoms with Crippen molar-refractivity contribution in [3.63, 3.8) is 0 Å². The lowest BCUT2D eigenvalue weighted by atomic mass is 10.1. The van der Waals surface area contributed by atoms with E-state index in [1.165, 1.54) is 0 Å². The first kappa shape index (κ1) is 13.9. The lowest BCUT2D eigenvalue weighted by Crippen LogP contribution is -2.15. The first-order valence-corrected chi connectivity index (χ1v) is 6.22. The molecule has 0 bridgehead atoms. The van der Waals surface area contributed by atoms with Gasteiger partial charge in [0.1, 0.15) is 5.75 Å². The Balaban J connectivity index is 2.49. The molecule has 1 aromatic heterocycles. The number of pyridine rings is 1. The number of nitrogens with two attached hydrogens (primary N) is 1. The van der Waals surface area contributed by atoms with Crippen molar-refractivity contribution in [1.29, 1.82) is 0 Å². The second-order valence-corrected chi connectivity index (χ2v) is 4.60. The predicted molar refractivity (Wildman–Crippen MR) is 77.5 cm³/mol. The number of rotatable bonds is 3. The minimum atomic E-state index is -0.0314. The molecule has 1 aromatic carbocycles. The maximum absolute atomic E-state index is 8.81. The van der Waals surface area contributed by atoms with E-state index < -0.39 is 0 Å². The first-order valence-electron chi connectivity index (χ1n) is 6.22. The van der Waals surface area contributed by atoms with Gasteiger partial charge in [0, 0.05) is 6.20 Å². The van der Waals surface area contributed by atoms with E-state index in [0.717, 1.165) is 22.4 Å². The fourth-order valence-electron chi connectivity index (χ4n) is 1.90. The summed E-state index contributed by atoms with van der Waals surface area (Å²) in [5.74, 6) is 1.03. The molecule has 2 aromatic rings. The molecule has 104 valence electrons. The lowest BCUT2D eigenvalue weighted by Gasteiger charge is -2.14. The van der Waals surface area contributed by atoms with Gasteiger partial charge in [-0.15, -0.1) is 0 Å². The van der Waals surface area contributed by atoms with E-state index in [4.69, 9.17) is 15.7 Å². The van der Waals surface area contributed by atoms with Crippen molar-refractivity contribution in [3.8, 4) is 11.6 Å². The summed E-state index contributed by atoms with van der Waals surface area (Å²) in [6.07, 6.45) is 1.60. The number of benzene rings is 1. The number of aryl methyl sites for hydroxylation is 2. The van der Waals surface area contributed by atoms with E-state index in [-0.39, 0.29) is 5.84 Å². The molecule has 0 aliphatic rings. The number of amidine groups is 1. The summed E-state index contributed by atoms with van der Waals surface area (Å²) < 4.78 is 5.89. The highest BCUT2D eigenvalue weighted by molar-refractivity contribution is 5.99. The number of nitrogens with zero attached hydrogens (tertiary/aromatic N) is 2. The van der Waals surface area contributed by atoms with Crippen LogP contribution in [0.1, 0.15) is 22.3 Å². The Morgan fingerprint density at radius 1 is 1.20 bits per heavy atom. The Kier molecular flexibility index (Phi) is 3.89. The van der Waals surface area contributed by atoms with Gasteiger partial charge in [0.05, 0.1) is 5.56 Å². The second-order valence-electron chi connectivity index (χ2n) is 4.60. The number of aromatic nitrogens is 1. The third kappa shape index (κ3) is 2.56. The van der Waals surface area contributed by atoms with Crippen molar-refractivity contribution in [1.82, 2.24) is 4.98 Å². The average Bonchev–Trinajstić information content (AvgIpc) is 2.47. The van der Waals surface area contributed by atoms with Gasteiger partial charge in [-0.3, -0.25) is 0 Å². The summed E-state index contributed by atoms with van der Waals surface area (Å²) in [5, 5.41) is 11.8. The standard InChI is InChI=1S/C15H17N3O2/c1-9-6-7-10(2)13(11(9)3)20-15-12(14(16)18-19)5-4-8-17-15/h4-8,19H,1-3H3,(H2,16,18). The molecule has 5 nitrogen and oxygen atoms in total. The smallest absolute Gasteiger partial charge is 0.230 e. The highest BCUT2D eigenvalue weighted by atomic mass is 16.5. The van der Waals surface area contributed by atoms with Gasteiger partial charge < -0.3 is 15.7 Å². The van der Waals surface area contributed by atoms with Crippen molar-refractivity contribution in [2.75, 3.05) is 0 Å². The minimum Gasteiger partial charge on any atom is -0.438 e. The Morgan fingerprint density at radius 3 is 2.60 bits per heavy atom. The molecule has 3 N–H and O–H groups in total. The predicted octanol–water partition coefficient (Wildman–Crippen LogP) is 2.89. The molecule has 0 atom stereocenters. The molecule has 0 saturated carbocycles. The van der Waals surface area contributed by atoms with Crippen molar-refractivity contribution in [3.05, 3.63) is 52.7 Å². The zero-order chi connectivity index (χ0) is 14.7. The van der Waals surface area contributed by atoms with Crippen LogP contribution in [0, 0.1) is 20.8 Å². The number of hydrogen-bond donors (Lipinski definition) is 2. The molecular formula is C15H17N3O2. The van der Waals surface area contributed by atoms with Crippen molar-refractivity contribution in [2.45, 2.75) is 20.8 Å². The Bertz CT molecular complexity index is 666. The van der Waals surface area contributed by atoms with E-state index in [2.05, 4.69) is 10.1 Å². The van der Waals surface area contributed by atoms with Gasteiger partial charge in [-0.05, 0) is 49.6 Å². The topological polar surface area (TPSA) is 80.7 Å². The fourth-order valence-corrected chi connectivity index (χ4v) is 1.90. The Hall–Kier alpha value is -2.56. The van der Waals surface area contributed by atoms with E-state index in [0.29, 0.717) is 11.4 Å². The zero-order valence-corrected chi connectivity index (χ0v) is 11.7. The van der Waals surface area contributed by atoms with Crippen LogP contribution in [0.3, 0.4) is 0 Å². The van der Waals surface area contributed by atoms with Crippen LogP contribution in [0.2, 0.25) is 0 Å². The van der Waals surface area contributed by atoms with Gasteiger partial charge >= 0.3 is 0 Å². The molecule has 0 saturated heterocycles. The van der Waals surface area contributed by atoms with Crippen molar-refractivity contribution < 1.29 is 9.94 Å². The SMILES string of the molecule is Cc1ccc(C)c(Oc2ncccc2/C(N)=N/O)c1C. The largest absolute Gasteiger partial charge is 0.438 e.